The van der Waals surface area contributed by atoms with Gasteiger partial charge in [-0.05, 0) is 29.7 Å². The van der Waals surface area contributed by atoms with Crippen LogP contribution in [-0.2, 0) is 19.4 Å². The van der Waals surface area contributed by atoms with Crippen molar-refractivity contribution in [2.45, 2.75) is 19.4 Å². The second-order valence-electron chi connectivity index (χ2n) is 7.45. The van der Waals surface area contributed by atoms with E-state index >= 15 is 0 Å². The molecular weight excluding hydrogens is 376 g/mol. The van der Waals surface area contributed by atoms with Crippen LogP contribution in [0.15, 0.2) is 54.6 Å². The van der Waals surface area contributed by atoms with Gasteiger partial charge >= 0.3 is 0 Å². The third kappa shape index (κ3) is 3.66. The summed E-state index contributed by atoms with van der Waals surface area (Å²) in [6.45, 7) is 2.47. The minimum absolute atomic E-state index is 0.615. The lowest BCUT2D eigenvalue weighted by Crippen LogP contribution is -2.29. The van der Waals surface area contributed by atoms with Gasteiger partial charge in [0.25, 0.3) is 0 Å². The largest absolute Gasteiger partial charge is 0.497 e. The number of nitrogens with one attached hydrogen (secondary N) is 2. The molecule has 2 aromatic carbocycles. The first-order valence-corrected chi connectivity index (χ1v) is 10.2. The minimum Gasteiger partial charge on any atom is -0.497 e. The Morgan fingerprint density at radius 2 is 1.87 bits per heavy atom. The summed E-state index contributed by atoms with van der Waals surface area (Å²) >= 11 is 0. The van der Waals surface area contributed by atoms with Gasteiger partial charge in [0, 0.05) is 26.1 Å². The van der Waals surface area contributed by atoms with Crippen molar-refractivity contribution >= 4 is 22.8 Å². The standard InChI is InChI=1S/C23H24N6O/c1-30-18-9-7-16(8-10-18)11-13-24-23-25-21-20-19(27-28-21)12-14-29(22(20)26-23)15-17-5-3-2-4-6-17/h2-10H,11-15H2,1H3,(H2,24,25,26,27,28). The summed E-state index contributed by atoms with van der Waals surface area (Å²) < 4.78 is 5.22. The van der Waals surface area contributed by atoms with E-state index in [4.69, 9.17) is 9.72 Å². The first-order valence-electron chi connectivity index (χ1n) is 10.2. The lowest BCUT2D eigenvalue weighted by molar-refractivity contribution is 0.414. The van der Waals surface area contributed by atoms with Gasteiger partial charge in [-0.2, -0.15) is 15.1 Å². The first kappa shape index (κ1) is 18.4. The molecular formula is C23H24N6O. The van der Waals surface area contributed by atoms with Crippen LogP contribution in [0.2, 0.25) is 0 Å². The van der Waals surface area contributed by atoms with E-state index in [-0.39, 0.29) is 0 Å². The zero-order valence-corrected chi connectivity index (χ0v) is 16.9. The van der Waals surface area contributed by atoms with Gasteiger partial charge in [0.05, 0.1) is 18.2 Å². The van der Waals surface area contributed by atoms with Crippen LogP contribution in [0.5, 0.6) is 5.75 Å². The summed E-state index contributed by atoms with van der Waals surface area (Å²) in [5.41, 5.74) is 4.34. The molecule has 152 valence electrons. The number of aromatic amines is 1. The molecule has 0 amide bonds. The van der Waals surface area contributed by atoms with Crippen LogP contribution in [0, 0.1) is 0 Å². The Balaban J connectivity index is 1.35. The van der Waals surface area contributed by atoms with E-state index in [1.165, 1.54) is 11.1 Å². The molecule has 2 N–H and O–H groups in total. The van der Waals surface area contributed by atoms with Crippen molar-refractivity contribution in [1.29, 1.82) is 0 Å². The van der Waals surface area contributed by atoms with Crippen molar-refractivity contribution in [2.24, 2.45) is 0 Å². The van der Waals surface area contributed by atoms with E-state index in [1.54, 1.807) is 7.11 Å². The highest BCUT2D eigenvalue weighted by Crippen LogP contribution is 2.32. The van der Waals surface area contributed by atoms with Crippen LogP contribution in [0.3, 0.4) is 0 Å². The summed E-state index contributed by atoms with van der Waals surface area (Å²) in [6, 6.07) is 18.6. The quantitative estimate of drug-likeness (QED) is 0.494. The number of aromatic nitrogens is 4. The Labute approximate surface area is 175 Å². The van der Waals surface area contributed by atoms with Crippen LogP contribution >= 0.6 is 0 Å². The molecule has 0 fully saturated rings. The number of H-pyrrole nitrogens is 1. The summed E-state index contributed by atoms with van der Waals surface area (Å²) in [5.74, 6) is 2.43. The third-order valence-electron chi connectivity index (χ3n) is 5.47. The van der Waals surface area contributed by atoms with Gasteiger partial charge < -0.3 is 15.0 Å². The molecule has 0 radical (unpaired) electrons. The van der Waals surface area contributed by atoms with E-state index in [0.29, 0.717) is 5.95 Å². The molecule has 0 unspecified atom stereocenters. The van der Waals surface area contributed by atoms with E-state index in [2.05, 4.69) is 61.8 Å². The van der Waals surface area contributed by atoms with Gasteiger partial charge in [-0.25, -0.2) is 0 Å². The van der Waals surface area contributed by atoms with Crippen molar-refractivity contribution in [3.63, 3.8) is 0 Å². The Hall–Kier alpha value is -3.61. The number of nitrogens with zero attached hydrogens (tertiary/aromatic N) is 4. The molecule has 0 bridgehead atoms. The monoisotopic (exact) mass is 400 g/mol. The fraction of sp³-hybridized carbons (Fsp3) is 0.261. The highest BCUT2D eigenvalue weighted by atomic mass is 16.5. The number of ether oxygens (including phenoxy) is 1. The Morgan fingerprint density at radius 1 is 1.03 bits per heavy atom. The molecule has 0 saturated carbocycles. The molecule has 4 aromatic rings. The maximum absolute atomic E-state index is 5.22. The average Bonchev–Trinajstić information content (AvgIpc) is 3.21. The van der Waals surface area contributed by atoms with Gasteiger partial charge in [0.15, 0.2) is 5.65 Å². The lowest BCUT2D eigenvalue weighted by Gasteiger charge is -2.28. The molecule has 0 aliphatic carbocycles. The smallest absolute Gasteiger partial charge is 0.226 e. The number of benzene rings is 2. The molecule has 0 saturated heterocycles. The van der Waals surface area contributed by atoms with E-state index in [9.17, 15) is 0 Å². The molecule has 7 heteroatoms. The predicted octanol–water partition coefficient (Wildman–Crippen LogP) is 3.58. The van der Waals surface area contributed by atoms with Crippen molar-refractivity contribution in [1.82, 2.24) is 20.2 Å². The predicted molar refractivity (Wildman–Crippen MR) is 118 cm³/mol. The minimum atomic E-state index is 0.615. The number of anilines is 2. The Bertz CT molecular complexity index is 1140. The number of methoxy groups -OCH3 is 1. The van der Waals surface area contributed by atoms with Crippen molar-refractivity contribution < 1.29 is 4.74 Å². The fourth-order valence-corrected chi connectivity index (χ4v) is 3.87. The topological polar surface area (TPSA) is 79.0 Å². The van der Waals surface area contributed by atoms with Gasteiger partial charge in [0.2, 0.25) is 5.95 Å². The molecule has 7 nitrogen and oxygen atoms in total. The average molecular weight is 400 g/mol. The Morgan fingerprint density at radius 3 is 2.67 bits per heavy atom. The second-order valence-corrected chi connectivity index (χ2v) is 7.45. The number of hydrogen-bond donors (Lipinski definition) is 2. The van der Waals surface area contributed by atoms with Crippen LogP contribution < -0.4 is 15.0 Å². The molecule has 3 heterocycles. The molecule has 2 aromatic heterocycles. The van der Waals surface area contributed by atoms with Gasteiger partial charge in [-0.15, -0.1) is 0 Å². The molecule has 0 atom stereocenters. The maximum atomic E-state index is 5.22. The SMILES string of the molecule is COc1ccc(CCNc2nc3c4c([nH]nc4n2)CCN3Cc2ccccc2)cc1. The van der Waals surface area contributed by atoms with E-state index < -0.39 is 0 Å². The highest BCUT2D eigenvalue weighted by Gasteiger charge is 2.24. The van der Waals surface area contributed by atoms with Crippen LogP contribution in [0.25, 0.3) is 11.0 Å². The van der Waals surface area contributed by atoms with Crippen molar-refractivity contribution in [3.8, 4) is 5.75 Å². The normalized spacial score (nSPS) is 12.9. The molecule has 1 aliphatic rings. The summed E-state index contributed by atoms with van der Waals surface area (Å²) in [4.78, 5) is 11.8. The zero-order valence-electron chi connectivity index (χ0n) is 16.9. The molecule has 30 heavy (non-hydrogen) atoms. The summed E-state index contributed by atoms with van der Waals surface area (Å²) in [5, 5.41) is 12.0. The molecule has 1 aliphatic heterocycles. The van der Waals surface area contributed by atoms with Crippen LogP contribution in [0.4, 0.5) is 11.8 Å². The lowest BCUT2D eigenvalue weighted by atomic mass is 10.1. The second kappa shape index (κ2) is 8.02. The van der Waals surface area contributed by atoms with Crippen molar-refractivity contribution in [3.05, 3.63) is 71.4 Å². The molecule has 0 spiro atoms. The fourth-order valence-electron chi connectivity index (χ4n) is 3.87. The van der Waals surface area contributed by atoms with Gasteiger partial charge in [-0.1, -0.05) is 42.5 Å². The van der Waals surface area contributed by atoms with Crippen molar-refractivity contribution in [2.75, 3.05) is 30.4 Å². The highest BCUT2D eigenvalue weighted by molar-refractivity contribution is 5.91. The zero-order chi connectivity index (χ0) is 20.3. The van der Waals surface area contributed by atoms with E-state index in [0.717, 1.165) is 60.8 Å². The van der Waals surface area contributed by atoms with Crippen LogP contribution in [-0.4, -0.2) is 40.4 Å². The number of hydrogen-bond acceptors (Lipinski definition) is 6. The van der Waals surface area contributed by atoms with Gasteiger partial charge in [0.1, 0.15) is 11.6 Å². The number of rotatable bonds is 7. The summed E-state index contributed by atoms with van der Waals surface area (Å²) in [6.07, 6.45) is 1.80. The third-order valence-corrected chi connectivity index (χ3v) is 5.47. The van der Waals surface area contributed by atoms with Gasteiger partial charge in [-0.3, -0.25) is 5.10 Å². The first-order chi connectivity index (χ1) is 14.8. The maximum Gasteiger partial charge on any atom is 0.226 e. The van der Waals surface area contributed by atoms with E-state index in [1.807, 2.05) is 18.2 Å². The molecule has 5 rings (SSSR count). The van der Waals surface area contributed by atoms with Crippen LogP contribution in [0.1, 0.15) is 16.8 Å². The summed E-state index contributed by atoms with van der Waals surface area (Å²) in [7, 11) is 1.68. The Kier molecular flexibility index (Phi) is 4.93.